The second-order valence-electron chi connectivity index (χ2n) is 4.08. The van der Waals surface area contributed by atoms with Gasteiger partial charge in [0.05, 0.1) is 4.92 Å². The zero-order chi connectivity index (χ0) is 15.4. The zero-order valence-corrected chi connectivity index (χ0v) is 11.9. The highest BCUT2D eigenvalue weighted by molar-refractivity contribution is 7.98. The SMILES string of the molecule is CNc1c(CSc2nc(N)cc(=O)[nH]2)cccc1[N+](=O)[O-]. The first kappa shape index (κ1) is 14.9. The fourth-order valence-electron chi connectivity index (χ4n) is 1.82. The lowest BCUT2D eigenvalue weighted by atomic mass is 10.1. The van der Waals surface area contributed by atoms with E-state index in [9.17, 15) is 14.9 Å². The average molecular weight is 307 g/mol. The van der Waals surface area contributed by atoms with Gasteiger partial charge in [0.15, 0.2) is 5.16 Å². The van der Waals surface area contributed by atoms with Gasteiger partial charge in [-0.15, -0.1) is 0 Å². The predicted octanol–water partition coefficient (Wildman–Crippen LogP) is 1.59. The van der Waals surface area contributed by atoms with Crippen LogP contribution in [0.4, 0.5) is 17.2 Å². The monoisotopic (exact) mass is 307 g/mol. The van der Waals surface area contributed by atoms with E-state index in [1.54, 1.807) is 19.2 Å². The molecule has 0 aliphatic rings. The number of aromatic amines is 1. The van der Waals surface area contributed by atoms with E-state index in [-0.39, 0.29) is 17.1 Å². The topological polar surface area (TPSA) is 127 Å². The summed E-state index contributed by atoms with van der Waals surface area (Å²) in [6.45, 7) is 0. The van der Waals surface area contributed by atoms with Gasteiger partial charge in [-0.3, -0.25) is 14.9 Å². The number of benzene rings is 1. The molecule has 2 rings (SSSR count). The zero-order valence-electron chi connectivity index (χ0n) is 11.1. The normalized spacial score (nSPS) is 10.3. The molecule has 21 heavy (non-hydrogen) atoms. The van der Waals surface area contributed by atoms with Crippen molar-refractivity contribution in [2.24, 2.45) is 0 Å². The third-order valence-corrected chi connectivity index (χ3v) is 3.60. The second kappa shape index (κ2) is 6.27. The number of hydrogen-bond donors (Lipinski definition) is 3. The molecule has 9 heteroatoms. The van der Waals surface area contributed by atoms with Crippen LogP contribution in [0, 0.1) is 10.1 Å². The molecule has 0 saturated carbocycles. The molecule has 110 valence electrons. The van der Waals surface area contributed by atoms with Gasteiger partial charge in [0.25, 0.3) is 11.2 Å². The molecule has 0 fully saturated rings. The van der Waals surface area contributed by atoms with Gasteiger partial charge < -0.3 is 16.0 Å². The standard InChI is InChI=1S/C12H13N5O3S/c1-14-11-7(3-2-4-8(11)17(19)20)6-21-12-15-9(13)5-10(18)16-12/h2-5,14H,6H2,1H3,(H3,13,15,16,18). The molecule has 0 aliphatic heterocycles. The number of nitrogens with zero attached hydrogens (tertiary/aromatic N) is 2. The van der Waals surface area contributed by atoms with Crippen LogP contribution in [0.2, 0.25) is 0 Å². The molecule has 0 unspecified atom stereocenters. The quantitative estimate of drug-likeness (QED) is 0.331. The Morgan fingerprint density at radius 3 is 2.90 bits per heavy atom. The van der Waals surface area contributed by atoms with E-state index in [1.165, 1.54) is 23.9 Å². The Hall–Kier alpha value is -2.55. The molecule has 0 atom stereocenters. The van der Waals surface area contributed by atoms with E-state index in [0.29, 0.717) is 16.6 Å². The van der Waals surface area contributed by atoms with Crippen LogP contribution in [0.5, 0.6) is 0 Å². The van der Waals surface area contributed by atoms with Gasteiger partial charge in [0.1, 0.15) is 11.5 Å². The van der Waals surface area contributed by atoms with Gasteiger partial charge >= 0.3 is 0 Å². The molecule has 0 spiro atoms. The van der Waals surface area contributed by atoms with Gasteiger partial charge in [-0.25, -0.2) is 4.98 Å². The number of nitrogen functional groups attached to an aromatic ring is 1. The van der Waals surface area contributed by atoms with Crippen LogP contribution >= 0.6 is 11.8 Å². The van der Waals surface area contributed by atoms with Gasteiger partial charge in [-0.1, -0.05) is 23.9 Å². The van der Waals surface area contributed by atoms with Crippen molar-refractivity contribution in [3.63, 3.8) is 0 Å². The molecule has 2 aromatic rings. The molecular weight excluding hydrogens is 294 g/mol. The molecular formula is C12H13N5O3S. The summed E-state index contributed by atoms with van der Waals surface area (Å²) in [6.07, 6.45) is 0. The van der Waals surface area contributed by atoms with Crippen molar-refractivity contribution in [3.8, 4) is 0 Å². The van der Waals surface area contributed by atoms with E-state index in [1.807, 2.05) is 0 Å². The Kier molecular flexibility index (Phi) is 4.43. The molecule has 4 N–H and O–H groups in total. The maximum atomic E-state index is 11.3. The number of nitro groups is 1. The molecule has 1 aromatic carbocycles. The van der Waals surface area contributed by atoms with E-state index >= 15 is 0 Å². The summed E-state index contributed by atoms with van der Waals surface area (Å²) in [5.74, 6) is 0.540. The number of H-pyrrole nitrogens is 1. The van der Waals surface area contributed by atoms with Gasteiger partial charge in [-0.05, 0) is 5.56 Å². The number of para-hydroxylation sites is 1. The predicted molar refractivity (Wildman–Crippen MR) is 81.5 cm³/mol. The van der Waals surface area contributed by atoms with Crippen LogP contribution in [0.3, 0.4) is 0 Å². The van der Waals surface area contributed by atoms with Crippen molar-refractivity contribution in [1.29, 1.82) is 0 Å². The first-order chi connectivity index (χ1) is 10.0. The third kappa shape index (κ3) is 3.51. The van der Waals surface area contributed by atoms with Crippen LogP contribution in [0.1, 0.15) is 5.56 Å². The lowest BCUT2D eigenvalue weighted by molar-refractivity contribution is -0.384. The summed E-state index contributed by atoms with van der Waals surface area (Å²) in [6, 6.07) is 6.01. The number of rotatable bonds is 5. The minimum Gasteiger partial charge on any atom is -0.383 e. The molecule has 0 saturated heterocycles. The third-order valence-electron chi connectivity index (χ3n) is 2.68. The Morgan fingerprint density at radius 2 is 2.29 bits per heavy atom. The molecule has 1 heterocycles. The van der Waals surface area contributed by atoms with Crippen LogP contribution in [-0.4, -0.2) is 21.9 Å². The molecule has 0 radical (unpaired) electrons. The van der Waals surface area contributed by atoms with Crippen molar-refractivity contribution in [2.45, 2.75) is 10.9 Å². The van der Waals surface area contributed by atoms with Crippen LogP contribution < -0.4 is 16.6 Å². The maximum Gasteiger partial charge on any atom is 0.292 e. The fourth-order valence-corrected chi connectivity index (χ4v) is 2.69. The highest BCUT2D eigenvalue weighted by atomic mass is 32.2. The molecule has 8 nitrogen and oxygen atoms in total. The summed E-state index contributed by atoms with van der Waals surface area (Å²) >= 11 is 1.24. The number of thioether (sulfide) groups is 1. The highest BCUT2D eigenvalue weighted by Crippen LogP contribution is 2.31. The second-order valence-corrected chi connectivity index (χ2v) is 5.05. The van der Waals surface area contributed by atoms with Gasteiger partial charge in [-0.2, -0.15) is 0 Å². The number of anilines is 2. The van der Waals surface area contributed by atoms with E-state index in [2.05, 4.69) is 15.3 Å². The molecule has 0 amide bonds. The van der Waals surface area contributed by atoms with Crippen molar-refractivity contribution < 1.29 is 4.92 Å². The smallest absolute Gasteiger partial charge is 0.292 e. The molecule has 0 aliphatic carbocycles. The van der Waals surface area contributed by atoms with Crippen molar-refractivity contribution in [2.75, 3.05) is 18.1 Å². The number of nitro benzene ring substituents is 1. The van der Waals surface area contributed by atoms with Crippen molar-refractivity contribution in [3.05, 3.63) is 50.3 Å². The van der Waals surface area contributed by atoms with E-state index < -0.39 is 4.92 Å². The first-order valence-electron chi connectivity index (χ1n) is 5.95. The number of nitrogens with two attached hydrogens (primary N) is 1. The Labute approximate surface area is 123 Å². The lowest BCUT2D eigenvalue weighted by Crippen LogP contribution is -2.09. The number of aromatic nitrogens is 2. The summed E-state index contributed by atoms with van der Waals surface area (Å²) < 4.78 is 0. The molecule has 0 bridgehead atoms. The van der Waals surface area contributed by atoms with Crippen molar-refractivity contribution in [1.82, 2.24) is 9.97 Å². The Balaban J connectivity index is 2.25. The Morgan fingerprint density at radius 1 is 1.52 bits per heavy atom. The van der Waals surface area contributed by atoms with Crippen molar-refractivity contribution >= 4 is 29.0 Å². The van der Waals surface area contributed by atoms with Crippen LogP contribution in [0.15, 0.2) is 34.2 Å². The maximum absolute atomic E-state index is 11.3. The Bertz CT molecular complexity index is 731. The molecule has 1 aromatic heterocycles. The highest BCUT2D eigenvalue weighted by Gasteiger charge is 2.16. The van der Waals surface area contributed by atoms with E-state index in [4.69, 9.17) is 5.73 Å². The van der Waals surface area contributed by atoms with E-state index in [0.717, 1.165) is 5.56 Å². The average Bonchev–Trinajstić information content (AvgIpc) is 2.43. The van der Waals surface area contributed by atoms with Crippen LogP contribution in [-0.2, 0) is 5.75 Å². The summed E-state index contributed by atoms with van der Waals surface area (Å²) in [4.78, 5) is 28.4. The summed E-state index contributed by atoms with van der Waals surface area (Å²) in [5.41, 5.74) is 6.35. The fraction of sp³-hybridized carbons (Fsp3) is 0.167. The lowest BCUT2D eigenvalue weighted by Gasteiger charge is -2.09. The number of nitrogens with one attached hydrogen (secondary N) is 2. The van der Waals surface area contributed by atoms with Gasteiger partial charge in [0.2, 0.25) is 0 Å². The minimum atomic E-state index is -0.444. The number of hydrogen-bond acceptors (Lipinski definition) is 7. The summed E-state index contributed by atoms with van der Waals surface area (Å²) in [5, 5.41) is 14.2. The summed E-state index contributed by atoms with van der Waals surface area (Å²) in [7, 11) is 1.62. The van der Waals surface area contributed by atoms with Crippen LogP contribution in [0.25, 0.3) is 0 Å². The minimum absolute atomic E-state index is 0.00429. The van der Waals surface area contributed by atoms with Gasteiger partial charge in [0, 0.05) is 24.9 Å². The first-order valence-corrected chi connectivity index (χ1v) is 6.93. The largest absolute Gasteiger partial charge is 0.383 e.